The first kappa shape index (κ1) is 23.7. The van der Waals surface area contributed by atoms with Crippen molar-refractivity contribution in [3.63, 3.8) is 0 Å². The maximum absolute atomic E-state index is 12.6. The van der Waals surface area contributed by atoms with Crippen molar-refractivity contribution in [2.75, 3.05) is 46.5 Å². The molecule has 1 aromatic carbocycles. The van der Waals surface area contributed by atoms with Crippen LogP contribution in [0.3, 0.4) is 0 Å². The first-order valence-corrected chi connectivity index (χ1v) is 10.8. The van der Waals surface area contributed by atoms with Gasteiger partial charge in [-0.2, -0.15) is 0 Å². The molecule has 1 aliphatic rings. The maximum atomic E-state index is 12.6. The molecule has 1 amide bonds. The van der Waals surface area contributed by atoms with E-state index < -0.39 is 11.4 Å². The number of phenols is 1. The number of phenolic OH excluding ortho intramolecular Hbond substituents is 1. The molecule has 1 aromatic heterocycles. The number of aldehydes is 1. The van der Waals surface area contributed by atoms with E-state index in [0.717, 1.165) is 19.6 Å². The lowest BCUT2D eigenvalue weighted by atomic mass is 10.0. The number of methoxy groups -OCH3 is 1. The van der Waals surface area contributed by atoms with Gasteiger partial charge in [0.25, 0.3) is 0 Å². The van der Waals surface area contributed by atoms with Gasteiger partial charge in [-0.3, -0.25) is 9.59 Å². The number of carbonyl (C=O) groups is 2. The molecular weight excluding hydrogens is 416 g/mol. The van der Waals surface area contributed by atoms with Gasteiger partial charge >= 0.3 is 5.63 Å². The summed E-state index contributed by atoms with van der Waals surface area (Å²) in [7, 11) is 1.52. The predicted octanol–water partition coefficient (Wildman–Crippen LogP) is 1.79. The number of nitrogens with zero attached hydrogens (tertiary/aromatic N) is 1. The molecule has 2 aromatic rings. The number of carbonyl (C=O) groups excluding carboxylic acids is 2. The van der Waals surface area contributed by atoms with Crippen molar-refractivity contribution >= 4 is 23.2 Å². The molecule has 1 fully saturated rings. The van der Waals surface area contributed by atoms with Gasteiger partial charge in [-0.25, -0.2) is 4.79 Å². The molecule has 0 aliphatic carbocycles. The van der Waals surface area contributed by atoms with Crippen molar-refractivity contribution in [2.45, 2.75) is 32.6 Å². The van der Waals surface area contributed by atoms with Crippen molar-refractivity contribution in [2.24, 2.45) is 0 Å². The third-order valence-electron chi connectivity index (χ3n) is 5.75. The Hall–Kier alpha value is -2.91. The molecule has 32 heavy (non-hydrogen) atoms. The third-order valence-corrected chi connectivity index (χ3v) is 5.75. The van der Waals surface area contributed by atoms with Crippen LogP contribution in [0, 0.1) is 6.92 Å². The molecule has 174 valence electrons. The van der Waals surface area contributed by atoms with Gasteiger partial charge in [0, 0.05) is 25.6 Å². The fourth-order valence-electron chi connectivity index (χ4n) is 3.93. The van der Waals surface area contributed by atoms with E-state index in [0.29, 0.717) is 30.4 Å². The van der Waals surface area contributed by atoms with Gasteiger partial charge in [-0.15, -0.1) is 0 Å². The van der Waals surface area contributed by atoms with Gasteiger partial charge in [0.2, 0.25) is 5.91 Å². The predicted molar refractivity (Wildman–Crippen MR) is 119 cm³/mol. The van der Waals surface area contributed by atoms with Crippen LogP contribution in [0.1, 0.15) is 40.7 Å². The number of fused-ring (bicyclic) bond motifs is 1. The van der Waals surface area contributed by atoms with Crippen LogP contribution in [0.25, 0.3) is 11.0 Å². The minimum absolute atomic E-state index is 0.0339. The molecule has 3 rings (SSSR count). The summed E-state index contributed by atoms with van der Waals surface area (Å²) in [5, 5.41) is 13.6. The summed E-state index contributed by atoms with van der Waals surface area (Å²) >= 11 is 0. The fourth-order valence-corrected chi connectivity index (χ4v) is 3.93. The van der Waals surface area contributed by atoms with E-state index in [2.05, 4.69) is 10.2 Å². The summed E-state index contributed by atoms with van der Waals surface area (Å²) in [6.45, 7) is 5.52. The summed E-state index contributed by atoms with van der Waals surface area (Å²) in [4.78, 5) is 39.0. The maximum Gasteiger partial charge on any atom is 0.340 e. The van der Waals surface area contributed by atoms with Crippen LogP contribution in [0.5, 0.6) is 11.5 Å². The zero-order valence-corrected chi connectivity index (χ0v) is 18.6. The van der Waals surface area contributed by atoms with Crippen LogP contribution in [0.2, 0.25) is 0 Å². The van der Waals surface area contributed by atoms with E-state index in [1.54, 1.807) is 6.92 Å². The molecule has 0 spiro atoms. The van der Waals surface area contributed by atoms with Gasteiger partial charge in [0.1, 0.15) is 12.2 Å². The molecule has 0 saturated carbocycles. The average molecular weight is 447 g/mol. The molecule has 9 heteroatoms. The molecule has 0 unspecified atom stereocenters. The second-order valence-electron chi connectivity index (χ2n) is 7.89. The standard InChI is InChI=1S/C23H30N2O7/c1-15-16-12-19(31-11-10-30-2)21(28)18(14-26)22(16)32-23(29)17(15)13-20(27)24-6-9-25-7-4-3-5-8-25/h12,14,28H,3-11,13H2,1-2H3,(H,24,27). The SMILES string of the molecule is COCCOc1cc2c(C)c(CC(=O)NCCN3CCCCC3)c(=O)oc2c(C=O)c1O. The molecule has 0 atom stereocenters. The van der Waals surface area contributed by atoms with Crippen LogP contribution in [0.4, 0.5) is 0 Å². The number of benzene rings is 1. The Kier molecular flexibility index (Phi) is 8.24. The van der Waals surface area contributed by atoms with Crippen LogP contribution in [-0.4, -0.2) is 68.7 Å². The number of aryl methyl sites for hydroxylation is 1. The van der Waals surface area contributed by atoms with Crippen LogP contribution in [-0.2, 0) is 16.0 Å². The largest absolute Gasteiger partial charge is 0.504 e. The molecule has 9 nitrogen and oxygen atoms in total. The number of amides is 1. The molecule has 1 aliphatic heterocycles. The van der Waals surface area contributed by atoms with E-state index in [-0.39, 0.29) is 41.4 Å². The van der Waals surface area contributed by atoms with Crippen LogP contribution in [0.15, 0.2) is 15.3 Å². The number of rotatable bonds is 10. The quantitative estimate of drug-likeness (QED) is 0.322. The highest BCUT2D eigenvalue weighted by Crippen LogP contribution is 2.37. The summed E-state index contributed by atoms with van der Waals surface area (Å²) in [6, 6.07) is 1.50. The monoisotopic (exact) mass is 446 g/mol. The van der Waals surface area contributed by atoms with Crippen molar-refractivity contribution in [1.29, 1.82) is 0 Å². The molecule has 1 saturated heterocycles. The van der Waals surface area contributed by atoms with Crippen molar-refractivity contribution < 1.29 is 28.6 Å². The highest BCUT2D eigenvalue weighted by atomic mass is 16.5. The minimum atomic E-state index is -0.711. The summed E-state index contributed by atoms with van der Waals surface area (Å²) < 4.78 is 15.8. The molecule has 0 radical (unpaired) electrons. The highest BCUT2D eigenvalue weighted by Gasteiger charge is 2.21. The highest BCUT2D eigenvalue weighted by molar-refractivity contribution is 6.00. The molecule has 0 bridgehead atoms. The summed E-state index contributed by atoms with van der Waals surface area (Å²) in [5.74, 6) is -0.609. The number of ether oxygens (including phenoxy) is 2. The minimum Gasteiger partial charge on any atom is -0.504 e. The molecule has 2 N–H and O–H groups in total. The Morgan fingerprint density at radius 2 is 2.03 bits per heavy atom. The third kappa shape index (κ3) is 5.46. The Balaban J connectivity index is 1.80. The Morgan fingerprint density at radius 3 is 2.72 bits per heavy atom. The summed E-state index contributed by atoms with van der Waals surface area (Å²) in [6.07, 6.45) is 3.89. The van der Waals surface area contributed by atoms with Crippen molar-refractivity contribution in [3.8, 4) is 11.5 Å². The van der Waals surface area contributed by atoms with Crippen LogP contribution >= 0.6 is 0 Å². The number of piperidine rings is 1. The number of nitrogens with one attached hydrogen (secondary N) is 1. The average Bonchev–Trinajstić information content (AvgIpc) is 2.78. The lowest BCUT2D eigenvalue weighted by Gasteiger charge is -2.26. The van der Waals surface area contributed by atoms with Gasteiger partial charge in [-0.05, 0) is 44.5 Å². The van der Waals surface area contributed by atoms with Gasteiger partial charge in [0.15, 0.2) is 23.4 Å². The topological polar surface area (TPSA) is 118 Å². The molecular formula is C23H30N2O7. The smallest absolute Gasteiger partial charge is 0.340 e. The van der Waals surface area contributed by atoms with E-state index in [4.69, 9.17) is 13.9 Å². The van der Waals surface area contributed by atoms with Gasteiger partial charge in [0.05, 0.1) is 18.6 Å². The fraction of sp³-hybridized carbons (Fsp3) is 0.522. The van der Waals surface area contributed by atoms with Gasteiger partial charge in [-0.1, -0.05) is 6.42 Å². The van der Waals surface area contributed by atoms with Crippen LogP contribution < -0.4 is 15.7 Å². The number of hydrogen-bond acceptors (Lipinski definition) is 8. The summed E-state index contributed by atoms with van der Waals surface area (Å²) in [5.41, 5.74) is -0.210. The Bertz CT molecular complexity index is 1030. The second-order valence-corrected chi connectivity index (χ2v) is 7.89. The van der Waals surface area contributed by atoms with Crippen molar-refractivity contribution in [1.82, 2.24) is 10.2 Å². The zero-order chi connectivity index (χ0) is 23.1. The Labute approximate surface area is 186 Å². The zero-order valence-electron chi connectivity index (χ0n) is 18.6. The Morgan fingerprint density at radius 1 is 1.28 bits per heavy atom. The van der Waals surface area contributed by atoms with E-state index in [1.165, 1.54) is 32.4 Å². The van der Waals surface area contributed by atoms with Crippen molar-refractivity contribution in [3.05, 3.63) is 33.2 Å². The van der Waals surface area contributed by atoms with Gasteiger partial charge < -0.3 is 29.2 Å². The number of aromatic hydroxyl groups is 1. The van der Waals surface area contributed by atoms with E-state index in [1.807, 2.05) is 0 Å². The first-order chi connectivity index (χ1) is 15.5. The first-order valence-electron chi connectivity index (χ1n) is 10.8. The lowest BCUT2D eigenvalue weighted by Crippen LogP contribution is -2.38. The number of hydrogen-bond donors (Lipinski definition) is 2. The van der Waals surface area contributed by atoms with E-state index >= 15 is 0 Å². The number of likely N-dealkylation sites (tertiary alicyclic amines) is 1. The normalized spacial score (nSPS) is 14.4. The second kappa shape index (κ2) is 11.1. The molecule has 2 heterocycles. The lowest BCUT2D eigenvalue weighted by molar-refractivity contribution is -0.120. The van der Waals surface area contributed by atoms with E-state index in [9.17, 15) is 19.5 Å².